The molecule has 0 aromatic rings. The first-order chi connectivity index (χ1) is 35.5. The van der Waals surface area contributed by atoms with Crippen molar-refractivity contribution in [3.63, 3.8) is 0 Å². The minimum absolute atomic E-state index is 0.0589. The number of allylic oxidation sites excluding steroid dienone is 3. The van der Waals surface area contributed by atoms with E-state index in [4.69, 9.17) is 9.05 Å². The molecule has 0 aliphatic carbocycles. The Balaban J connectivity index is 4.09. The molecule has 0 bridgehead atoms. The van der Waals surface area contributed by atoms with Crippen LogP contribution in [0.1, 0.15) is 328 Å². The number of likely N-dealkylation sites (N-methyl/N-ethyl adjacent to an activating group) is 1. The van der Waals surface area contributed by atoms with Gasteiger partial charge in [0, 0.05) is 6.42 Å². The second-order valence-electron chi connectivity index (χ2n) is 23.5. The molecule has 0 aliphatic heterocycles. The van der Waals surface area contributed by atoms with Crippen LogP contribution in [0.3, 0.4) is 0 Å². The second-order valence-corrected chi connectivity index (χ2v) is 24.9. The maximum Gasteiger partial charge on any atom is 0.472 e. The van der Waals surface area contributed by atoms with Gasteiger partial charge >= 0.3 is 7.82 Å². The lowest BCUT2D eigenvalue weighted by Crippen LogP contribution is -2.45. The topological polar surface area (TPSA) is 105 Å². The lowest BCUT2D eigenvalue weighted by atomic mass is 10.0. The number of carbonyl (C=O) groups excluding carboxylic acids is 1. The molecule has 0 rings (SSSR count). The first kappa shape index (κ1) is 72.0. The van der Waals surface area contributed by atoms with Gasteiger partial charge in [-0.3, -0.25) is 13.8 Å². The molecular weight excluding hydrogens is 924 g/mol. The molecule has 9 heteroatoms. The number of phosphoric acid groups is 1. The molecule has 3 atom stereocenters. The summed E-state index contributed by atoms with van der Waals surface area (Å²) in [5, 5.41) is 14.0. The summed E-state index contributed by atoms with van der Waals surface area (Å²) < 4.78 is 23.7. The predicted octanol–water partition coefficient (Wildman–Crippen LogP) is 19.9. The van der Waals surface area contributed by atoms with Crippen LogP contribution in [-0.2, 0) is 18.4 Å². The van der Waals surface area contributed by atoms with Gasteiger partial charge in [-0.1, -0.05) is 314 Å². The van der Waals surface area contributed by atoms with Crippen LogP contribution in [0.4, 0.5) is 0 Å². The molecule has 434 valence electrons. The standard InChI is InChI=1S/C64H127N2O6P/c1-6-8-10-12-14-16-18-20-22-24-26-28-29-30-31-32-33-34-35-36-38-40-42-44-46-48-50-52-54-56-58-64(68)65-62(61-72-73(69,70)71-60-59-66(3,4)5)63(67)57-55-53-51-49-47-45-43-41-39-37-27-25-23-21-19-17-15-13-11-9-7-2/h47,49,55,57,62-63,67H,6-46,48,50-54,56,58-61H2,1-5H3,(H-,65,68,69,70)/p+1/b49-47+,57-55+. The van der Waals surface area contributed by atoms with Crippen molar-refractivity contribution in [2.75, 3.05) is 40.9 Å². The maximum absolute atomic E-state index is 13.0. The summed E-state index contributed by atoms with van der Waals surface area (Å²) in [6.45, 7) is 4.85. The van der Waals surface area contributed by atoms with E-state index in [2.05, 4.69) is 31.3 Å². The van der Waals surface area contributed by atoms with Crippen LogP contribution in [0, 0.1) is 0 Å². The number of unbranched alkanes of at least 4 members (excludes halogenated alkanes) is 45. The fraction of sp³-hybridized carbons (Fsp3) is 0.922. The quantitative estimate of drug-likeness (QED) is 0.0243. The zero-order valence-electron chi connectivity index (χ0n) is 49.7. The van der Waals surface area contributed by atoms with Gasteiger partial charge in [-0.2, -0.15) is 0 Å². The number of phosphoric ester groups is 1. The SMILES string of the molecule is CCCCCCCCCCCCCCCCC/C=C/CC/C=C/C(O)C(COP(=O)(O)OCC[N+](C)(C)C)NC(=O)CCCCCCCCCCCCCCCCCCCCCCCCCCCCCCCC. The average Bonchev–Trinajstić information content (AvgIpc) is 3.35. The van der Waals surface area contributed by atoms with Crippen molar-refractivity contribution in [2.45, 2.75) is 341 Å². The van der Waals surface area contributed by atoms with E-state index in [1.807, 2.05) is 27.2 Å². The van der Waals surface area contributed by atoms with Gasteiger partial charge in [0.2, 0.25) is 5.91 Å². The highest BCUT2D eigenvalue weighted by atomic mass is 31.2. The Bertz CT molecular complexity index is 1240. The number of nitrogens with one attached hydrogen (secondary N) is 1. The number of quaternary nitrogens is 1. The summed E-state index contributed by atoms with van der Waals surface area (Å²) >= 11 is 0. The number of hydrogen-bond donors (Lipinski definition) is 3. The number of hydrogen-bond acceptors (Lipinski definition) is 5. The van der Waals surface area contributed by atoms with Crippen molar-refractivity contribution in [1.82, 2.24) is 5.32 Å². The van der Waals surface area contributed by atoms with Gasteiger partial charge in [-0.05, 0) is 32.1 Å². The van der Waals surface area contributed by atoms with Crippen LogP contribution in [0.25, 0.3) is 0 Å². The van der Waals surface area contributed by atoms with E-state index in [0.29, 0.717) is 17.4 Å². The summed E-state index contributed by atoms with van der Waals surface area (Å²) in [5.74, 6) is -0.179. The third kappa shape index (κ3) is 58.5. The highest BCUT2D eigenvalue weighted by Crippen LogP contribution is 2.43. The summed E-state index contributed by atoms with van der Waals surface area (Å²) in [5.41, 5.74) is 0. The molecule has 0 spiro atoms. The first-order valence-electron chi connectivity index (χ1n) is 32.2. The largest absolute Gasteiger partial charge is 0.472 e. The van der Waals surface area contributed by atoms with Crippen LogP contribution in [0.15, 0.2) is 24.3 Å². The Morgan fingerprint density at radius 1 is 0.452 bits per heavy atom. The monoisotopic (exact) mass is 1050 g/mol. The Hall–Kier alpha value is -1.02. The Kier molecular flexibility index (Phi) is 54.9. The molecule has 3 N–H and O–H groups in total. The predicted molar refractivity (Wildman–Crippen MR) is 318 cm³/mol. The van der Waals surface area contributed by atoms with E-state index in [1.165, 1.54) is 270 Å². The van der Waals surface area contributed by atoms with E-state index in [1.54, 1.807) is 6.08 Å². The minimum Gasteiger partial charge on any atom is -0.387 e. The van der Waals surface area contributed by atoms with Crippen molar-refractivity contribution in [1.29, 1.82) is 0 Å². The third-order valence-electron chi connectivity index (χ3n) is 14.9. The van der Waals surface area contributed by atoms with E-state index in [-0.39, 0.29) is 19.1 Å². The normalized spacial score (nSPS) is 13.9. The van der Waals surface area contributed by atoms with Gasteiger partial charge in [-0.25, -0.2) is 4.57 Å². The Morgan fingerprint density at radius 3 is 1.10 bits per heavy atom. The molecular formula is C64H128N2O6P+. The number of aliphatic hydroxyl groups excluding tert-OH is 1. The number of rotatable bonds is 60. The van der Waals surface area contributed by atoms with E-state index >= 15 is 0 Å². The highest BCUT2D eigenvalue weighted by molar-refractivity contribution is 7.47. The van der Waals surface area contributed by atoms with E-state index in [0.717, 1.165) is 38.5 Å². The van der Waals surface area contributed by atoms with Crippen LogP contribution >= 0.6 is 7.82 Å². The van der Waals surface area contributed by atoms with E-state index in [9.17, 15) is 19.4 Å². The van der Waals surface area contributed by atoms with Crippen LogP contribution in [0.5, 0.6) is 0 Å². The van der Waals surface area contributed by atoms with Crippen molar-refractivity contribution in [2.24, 2.45) is 0 Å². The summed E-state index contributed by atoms with van der Waals surface area (Å²) in [6.07, 6.45) is 71.7. The fourth-order valence-corrected chi connectivity index (χ4v) is 10.6. The number of carbonyl (C=O) groups is 1. The molecule has 0 saturated carbocycles. The maximum atomic E-state index is 13.0. The molecule has 0 heterocycles. The molecule has 8 nitrogen and oxygen atoms in total. The molecule has 1 amide bonds. The van der Waals surface area contributed by atoms with Crippen molar-refractivity contribution < 1.29 is 32.9 Å². The summed E-state index contributed by atoms with van der Waals surface area (Å²) in [4.78, 5) is 23.4. The van der Waals surface area contributed by atoms with Crippen molar-refractivity contribution in [3.8, 4) is 0 Å². The van der Waals surface area contributed by atoms with Crippen molar-refractivity contribution >= 4 is 13.7 Å². The molecule has 0 fully saturated rings. The van der Waals surface area contributed by atoms with Gasteiger partial charge < -0.3 is 19.8 Å². The van der Waals surface area contributed by atoms with Gasteiger partial charge in [0.25, 0.3) is 0 Å². The van der Waals surface area contributed by atoms with E-state index < -0.39 is 20.0 Å². The molecule has 0 aromatic carbocycles. The summed E-state index contributed by atoms with van der Waals surface area (Å²) in [6, 6.07) is -0.861. The zero-order valence-corrected chi connectivity index (χ0v) is 50.5. The number of amides is 1. The van der Waals surface area contributed by atoms with Gasteiger partial charge in [0.15, 0.2) is 0 Å². The van der Waals surface area contributed by atoms with Crippen LogP contribution < -0.4 is 5.32 Å². The van der Waals surface area contributed by atoms with Gasteiger partial charge in [0.05, 0.1) is 39.9 Å². The van der Waals surface area contributed by atoms with Crippen LogP contribution in [-0.4, -0.2) is 73.4 Å². The molecule has 0 saturated heterocycles. The molecule has 0 aromatic heterocycles. The molecule has 0 aliphatic rings. The van der Waals surface area contributed by atoms with Gasteiger partial charge in [-0.15, -0.1) is 0 Å². The average molecular weight is 1050 g/mol. The summed E-state index contributed by atoms with van der Waals surface area (Å²) in [7, 11) is 1.57. The second kappa shape index (κ2) is 55.7. The third-order valence-corrected chi connectivity index (χ3v) is 15.9. The molecule has 73 heavy (non-hydrogen) atoms. The number of nitrogens with zero attached hydrogens (tertiary/aromatic N) is 1. The van der Waals surface area contributed by atoms with Crippen molar-refractivity contribution in [3.05, 3.63) is 24.3 Å². The smallest absolute Gasteiger partial charge is 0.387 e. The van der Waals surface area contributed by atoms with Gasteiger partial charge in [0.1, 0.15) is 13.2 Å². The Labute approximate surface area is 455 Å². The minimum atomic E-state index is -4.35. The fourth-order valence-electron chi connectivity index (χ4n) is 9.89. The molecule has 3 unspecified atom stereocenters. The Morgan fingerprint density at radius 2 is 0.753 bits per heavy atom. The van der Waals surface area contributed by atoms with Crippen LogP contribution in [0.2, 0.25) is 0 Å². The lowest BCUT2D eigenvalue weighted by molar-refractivity contribution is -0.870. The highest BCUT2D eigenvalue weighted by Gasteiger charge is 2.27. The lowest BCUT2D eigenvalue weighted by Gasteiger charge is -2.25. The number of aliphatic hydroxyl groups is 1. The first-order valence-corrected chi connectivity index (χ1v) is 33.7. The molecule has 0 radical (unpaired) electrons. The zero-order chi connectivity index (χ0) is 53.5.